The lowest BCUT2D eigenvalue weighted by atomic mass is 9.94. The van der Waals surface area contributed by atoms with Crippen molar-refractivity contribution in [3.05, 3.63) is 21.0 Å². The summed E-state index contributed by atoms with van der Waals surface area (Å²) >= 11 is 6.65. The van der Waals surface area contributed by atoms with Crippen LogP contribution in [-0.4, -0.2) is 17.3 Å². The molecule has 0 fully saturated rings. The van der Waals surface area contributed by atoms with E-state index in [1.807, 2.05) is 13.0 Å². The van der Waals surface area contributed by atoms with Crippen LogP contribution < -0.4 is 5.32 Å². The summed E-state index contributed by atoms with van der Waals surface area (Å²) in [5, 5.41) is 13.3. The van der Waals surface area contributed by atoms with E-state index in [2.05, 4.69) is 51.0 Å². The van der Waals surface area contributed by atoms with Gasteiger partial charge in [-0.15, -0.1) is 0 Å². The highest BCUT2D eigenvalue weighted by Crippen LogP contribution is 2.26. The standard InChI is InChI=1S/C12H19Br2NO2/c1-8(2)5-12(3,16)7-15-6-9-4-10(13)11(14)17-9/h4,8,15-16H,5-7H2,1-3H3. The molecule has 0 saturated carbocycles. The van der Waals surface area contributed by atoms with Crippen molar-refractivity contribution in [3.63, 3.8) is 0 Å². The molecule has 1 rings (SSSR count). The second-order valence-corrected chi connectivity index (χ2v) is 6.61. The van der Waals surface area contributed by atoms with Gasteiger partial charge in [0.15, 0.2) is 4.67 Å². The van der Waals surface area contributed by atoms with Crippen LogP contribution in [0, 0.1) is 5.92 Å². The molecule has 17 heavy (non-hydrogen) atoms. The Morgan fingerprint density at radius 1 is 1.47 bits per heavy atom. The molecule has 2 N–H and O–H groups in total. The number of halogens is 2. The van der Waals surface area contributed by atoms with Crippen molar-refractivity contribution in [2.45, 2.75) is 39.3 Å². The third-order valence-electron chi connectivity index (χ3n) is 2.35. The second kappa shape index (κ2) is 6.36. The summed E-state index contributed by atoms with van der Waals surface area (Å²) in [4.78, 5) is 0. The first-order valence-electron chi connectivity index (χ1n) is 5.67. The van der Waals surface area contributed by atoms with E-state index in [0.717, 1.165) is 16.7 Å². The average Bonchev–Trinajstić information content (AvgIpc) is 2.43. The van der Waals surface area contributed by atoms with E-state index >= 15 is 0 Å². The van der Waals surface area contributed by atoms with E-state index in [9.17, 15) is 5.11 Å². The van der Waals surface area contributed by atoms with E-state index < -0.39 is 5.60 Å². The quantitative estimate of drug-likeness (QED) is 0.804. The Labute approximate surface area is 119 Å². The first kappa shape index (κ1) is 15.2. The molecule has 1 atom stereocenters. The van der Waals surface area contributed by atoms with Gasteiger partial charge in [0.05, 0.1) is 16.6 Å². The van der Waals surface area contributed by atoms with Gasteiger partial charge in [0, 0.05) is 6.54 Å². The lowest BCUT2D eigenvalue weighted by Gasteiger charge is -2.25. The third-order valence-corrected chi connectivity index (χ3v) is 4.06. The zero-order chi connectivity index (χ0) is 13.1. The molecule has 0 aliphatic rings. The van der Waals surface area contributed by atoms with Crippen molar-refractivity contribution in [1.82, 2.24) is 5.32 Å². The molecular formula is C12H19Br2NO2. The first-order valence-corrected chi connectivity index (χ1v) is 7.25. The molecule has 5 heteroatoms. The SMILES string of the molecule is CC(C)CC(C)(O)CNCc1cc(Br)c(Br)o1. The van der Waals surface area contributed by atoms with Gasteiger partial charge in [-0.25, -0.2) is 0 Å². The van der Waals surface area contributed by atoms with Crippen LogP contribution in [0.3, 0.4) is 0 Å². The normalized spacial score (nSPS) is 15.2. The summed E-state index contributed by atoms with van der Waals surface area (Å²) in [6.45, 7) is 7.23. The third kappa shape index (κ3) is 5.55. The molecule has 1 unspecified atom stereocenters. The Kier molecular flexibility index (Phi) is 5.70. The summed E-state index contributed by atoms with van der Waals surface area (Å²) in [7, 11) is 0. The van der Waals surface area contributed by atoms with E-state index in [1.54, 1.807) is 0 Å². The number of rotatable bonds is 6. The van der Waals surface area contributed by atoms with Crippen LogP contribution in [0.5, 0.6) is 0 Å². The zero-order valence-corrected chi connectivity index (χ0v) is 13.6. The van der Waals surface area contributed by atoms with Crippen molar-refractivity contribution in [1.29, 1.82) is 0 Å². The van der Waals surface area contributed by atoms with E-state index in [4.69, 9.17) is 4.42 Å². The van der Waals surface area contributed by atoms with Crippen LogP contribution in [0.2, 0.25) is 0 Å². The van der Waals surface area contributed by atoms with Crippen LogP contribution in [0.1, 0.15) is 33.0 Å². The highest BCUT2D eigenvalue weighted by Gasteiger charge is 2.21. The van der Waals surface area contributed by atoms with Crippen molar-refractivity contribution in [2.75, 3.05) is 6.54 Å². The van der Waals surface area contributed by atoms with E-state index in [-0.39, 0.29) is 0 Å². The summed E-state index contributed by atoms with van der Waals surface area (Å²) in [6.07, 6.45) is 0.783. The van der Waals surface area contributed by atoms with Gasteiger partial charge in [0.2, 0.25) is 0 Å². The van der Waals surface area contributed by atoms with Gasteiger partial charge in [-0.1, -0.05) is 13.8 Å². The lowest BCUT2D eigenvalue weighted by molar-refractivity contribution is 0.0379. The summed E-state index contributed by atoms with van der Waals surface area (Å²) in [6, 6.07) is 1.91. The number of hydrogen-bond donors (Lipinski definition) is 2. The van der Waals surface area contributed by atoms with Gasteiger partial charge in [-0.3, -0.25) is 0 Å². The molecule has 3 nitrogen and oxygen atoms in total. The van der Waals surface area contributed by atoms with Gasteiger partial charge in [0.1, 0.15) is 5.76 Å². The largest absolute Gasteiger partial charge is 0.452 e. The molecule has 0 aliphatic carbocycles. The molecule has 0 saturated heterocycles. The predicted octanol–water partition coefficient (Wildman–Crippen LogP) is 3.69. The monoisotopic (exact) mass is 367 g/mol. The number of nitrogens with one attached hydrogen (secondary N) is 1. The fourth-order valence-corrected chi connectivity index (χ4v) is 2.54. The van der Waals surface area contributed by atoms with Crippen LogP contribution in [-0.2, 0) is 6.54 Å². The van der Waals surface area contributed by atoms with E-state index in [0.29, 0.717) is 23.7 Å². The summed E-state index contributed by atoms with van der Waals surface area (Å²) in [5.74, 6) is 1.32. The van der Waals surface area contributed by atoms with Crippen molar-refractivity contribution in [3.8, 4) is 0 Å². The predicted molar refractivity (Wildman–Crippen MR) is 75.9 cm³/mol. The van der Waals surface area contributed by atoms with Gasteiger partial charge in [-0.2, -0.15) is 0 Å². The molecule has 1 heterocycles. The molecule has 98 valence electrons. The fraction of sp³-hybridized carbons (Fsp3) is 0.667. The van der Waals surface area contributed by atoms with Gasteiger partial charge < -0.3 is 14.8 Å². The maximum absolute atomic E-state index is 10.1. The number of aliphatic hydroxyl groups is 1. The molecule has 0 spiro atoms. The maximum Gasteiger partial charge on any atom is 0.183 e. The molecule has 0 aliphatic heterocycles. The topological polar surface area (TPSA) is 45.4 Å². The second-order valence-electron chi connectivity index (χ2n) is 5.03. The molecule has 0 bridgehead atoms. The van der Waals surface area contributed by atoms with Crippen molar-refractivity contribution in [2.24, 2.45) is 5.92 Å². The minimum absolute atomic E-state index is 0.485. The summed E-state index contributed by atoms with van der Waals surface area (Å²) in [5.41, 5.74) is -0.671. The summed E-state index contributed by atoms with van der Waals surface area (Å²) < 4.78 is 7.04. The number of furan rings is 1. The first-order chi connectivity index (χ1) is 7.80. The minimum Gasteiger partial charge on any atom is -0.452 e. The smallest absolute Gasteiger partial charge is 0.183 e. The van der Waals surface area contributed by atoms with E-state index in [1.165, 1.54) is 0 Å². The van der Waals surface area contributed by atoms with Crippen LogP contribution >= 0.6 is 31.9 Å². The fourth-order valence-electron chi connectivity index (χ4n) is 1.89. The van der Waals surface area contributed by atoms with Gasteiger partial charge in [0.25, 0.3) is 0 Å². The molecule has 0 radical (unpaired) electrons. The highest BCUT2D eigenvalue weighted by molar-refractivity contribution is 9.13. The van der Waals surface area contributed by atoms with Gasteiger partial charge in [-0.05, 0) is 57.2 Å². The average molecular weight is 369 g/mol. The maximum atomic E-state index is 10.1. The Balaban J connectivity index is 2.37. The van der Waals surface area contributed by atoms with Crippen molar-refractivity contribution < 1.29 is 9.52 Å². The van der Waals surface area contributed by atoms with Crippen LogP contribution in [0.25, 0.3) is 0 Å². The van der Waals surface area contributed by atoms with Gasteiger partial charge >= 0.3 is 0 Å². The van der Waals surface area contributed by atoms with Crippen LogP contribution in [0.15, 0.2) is 19.6 Å². The Hall–Kier alpha value is 0.160. The molecule has 0 amide bonds. The Morgan fingerprint density at radius 3 is 2.59 bits per heavy atom. The highest BCUT2D eigenvalue weighted by atomic mass is 79.9. The van der Waals surface area contributed by atoms with Crippen molar-refractivity contribution >= 4 is 31.9 Å². The molecular weight excluding hydrogens is 350 g/mol. The molecule has 1 aromatic heterocycles. The van der Waals surface area contributed by atoms with Crippen LogP contribution in [0.4, 0.5) is 0 Å². The molecule has 0 aromatic carbocycles. The zero-order valence-electron chi connectivity index (χ0n) is 10.4. The Bertz CT molecular complexity index is 342. The number of hydrogen-bond acceptors (Lipinski definition) is 3. The minimum atomic E-state index is -0.671. The lowest BCUT2D eigenvalue weighted by Crippen LogP contribution is -2.38. The Morgan fingerprint density at radius 2 is 2.12 bits per heavy atom. The molecule has 1 aromatic rings.